The second kappa shape index (κ2) is 6.35. The summed E-state index contributed by atoms with van der Waals surface area (Å²) in [7, 11) is 1.85. The number of aromatic nitrogens is 2. The van der Waals surface area contributed by atoms with Gasteiger partial charge in [-0.3, -0.25) is 16.0 Å². The van der Waals surface area contributed by atoms with Crippen molar-refractivity contribution in [3.8, 4) is 0 Å². The Morgan fingerprint density at radius 2 is 2.20 bits per heavy atom. The van der Waals surface area contributed by atoms with E-state index in [1.807, 2.05) is 20.0 Å². The third kappa shape index (κ3) is 3.17. The summed E-state index contributed by atoms with van der Waals surface area (Å²) in [6, 6.07) is 6.28. The van der Waals surface area contributed by atoms with E-state index < -0.39 is 0 Å². The van der Waals surface area contributed by atoms with E-state index in [1.165, 1.54) is 12.1 Å². The van der Waals surface area contributed by atoms with Gasteiger partial charge in [0.05, 0.1) is 17.4 Å². The largest absolute Gasteiger partial charge is 0.271 e. The highest BCUT2D eigenvalue weighted by Gasteiger charge is 2.18. The lowest BCUT2D eigenvalue weighted by atomic mass is 10.0. The van der Waals surface area contributed by atoms with E-state index in [1.54, 1.807) is 10.7 Å². The molecule has 0 radical (unpaired) electrons. The monoisotopic (exact) mass is 296 g/mol. The molecule has 2 aromatic rings. The van der Waals surface area contributed by atoms with Gasteiger partial charge in [0, 0.05) is 12.1 Å². The van der Waals surface area contributed by atoms with Crippen molar-refractivity contribution in [2.45, 2.75) is 25.8 Å². The summed E-state index contributed by atoms with van der Waals surface area (Å²) in [6.45, 7) is 2.04. The van der Waals surface area contributed by atoms with Gasteiger partial charge < -0.3 is 0 Å². The van der Waals surface area contributed by atoms with Crippen LogP contribution >= 0.6 is 11.6 Å². The molecule has 0 saturated carbocycles. The first kappa shape index (κ1) is 15.0. The summed E-state index contributed by atoms with van der Waals surface area (Å²) in [5.74, 6) is 5.33. The van der Waals surface area contributed by atoms with E-state index in [0.717, 1.165) is 17.8 Å². The number of halogens is 2. The Balaban J connectivity index is 2.28. The highest BCUT2D eigenvalue weighted by Crippen LogP contribution is 2.22. The van der Waals surface area contributed by atoms with Crippen molar-refractivity contribution >= 4 is 11.6 Å². The summed E-state index contributed by atoms with van der Waals surface area (Å²) < 4.78 is 15.6. The van der Waals surface area contributed by atoms with Crippen molar-refractivity contribution in [1.82, 2.24) is 15.2 Å². The molecular weight excluding hydrogens is 279 g/mol. The topological polar surface area (TPSA) is 55.9 Å². The zero-order chi connectivity index (χ0) is 14.7. The summed E-state index contributed by atoms with van der Waals surface area (Å²) >= 11 is 5.91. The predicted molar refractivity (Wildman–Crippen MR) is 77.8 cm³/mol. The lowest BCUT2D eigenvalue weighted by molar-refractivity contribution is 0.495. The van der Waals surface area contributed by atoms with Gasteiger partial charge in [-0.15, -0.1) is 0 Å². The van der Waals surface area contributed by atoms with E-state index in [2.05, 4.69) is 10.5 Å². The standard InChI is InChI=1S/C14H18ClFN4/c1-3-11-8-14(20(2)19-11)13(18-17)7-9-6-10(15)4-5-12(9)16/h4-6,8,13,18H,3,7,17H2,1-2H3. The van der Waals surface area contributed by atoms with E-state index in [-0.39, 0.29) is 11.9 Å². The zero-order valence-corrected chi connectivity index (χ0v) is 12.3. The lowest BCUT2D eigenvalue weighted by Gasteiger charge is -2.16. The number of nitrogens with one attached hydrogen (secondary N) is 1. The van der Waals surface area contributed by atoms with Crippen LogP contribution in [0.5, 0.6) is 0 Å². The maximum absolute atomic E-state index is 13.8. The molecule has 108 valence electrons. The van der Waals surface area contributed by atoms with Gasteiger partial charge in [0.2, 0.25) is 0 Å². The molecule has 0 bridgehead atoms. The Kier molecular flexibility index (Phi) is 4.75. The molecule has 0 aliphatic carbocycles. The second-order valence-electron chi connectivity index (χ2n) is 4.70. The molecule has 20 heavy (non-hydrogen) atoms. The predicted octanol–water partition coefficient (Wildman–Crippen LogP) is 2.52. The molecule has 1 unspecified atom stereocenters. The van der Waals surface area contributed by atoms with E-state index in [4.69, 9.17) is 17.4 Å². The minimum absolute atomic E-state index is 0.222. The van der Waals surface area contributed by atoms with Gasteiger partial charge >= 0.3 is 0 Å². The maximum Gasteiger partial charge on any atom is 0.126 e. The van der Waals surface area contributed by atoms with Gasteiger partial charge in [-0.2, -0.15) is 5.10 Å². The summed E-state index contributed by atoms with van der Waals surface area (Å²) in [5.41, 5.74) is 5.15. The first-order valence-electron chi connectivity index (χ1n) is 6.48. The average Bonchev–Trinajstić information content (AvgIpc) is 2.81. The van der Waals surface area contributed by atoms with Crippen LogP contribution in [0.3, 0.4) is 0 Å². The number of hydrogen-bond acceptors (Lipinski definition) is 3. The quantitative estimate of drug-likeness (QED) is 0.658. The number of aryl methyl sites for hydroxylation is 2. The fourth-order valence-corrected chi connectivity index (χ4v) is 2.41. The van der Waals surface area contributed by atoms with E-state index >= 15 is 0 Å². The van der Waals surface area contributed by atoms with Crippen molar-refractivity contribution in [2.75, 3.05) is 0 Å². The van der Waals surface area contributed by atoms with Gasteiger partial charge in [-0.1, -0.05) is 18.5 Å². The summed E-state index contributed by atoms with van der Waals surface area (Å²) in [4.78, 5) is 0. The Morgan fingerprint density at radius 3 is 2.80 bits per heavy atom. The Bertz CT molecular complexity index is 597. The summed E-state index contributed by atoms with van der Waals surface area (Å²) in [6.07, 6.45) is 1.25. The first-order valence-corrected chi connectivity index (χ1v) is 6.85. The molecule has 1 heterocycles. The Hall–Kier alpha value is -1.43. The fourth-order valence-electron chi connectivity index (χ4n) is 2.21. The van der Waals surface area contributed by atoms with Crippen molar-refractivity contribution in [2.24, 2.45) is 12.9 Å². The maximum atomic E-state index is 13.8. The number of nitrogens with zero attached hydrogens (tertiary/aromatic N) is 2. The van der Waals surface area contributed by atoms with Crippen molar-refractivity contribution in [1.29, 1.82) is 0 Å². The number of nitrogens with two attached hydrogens (primary N) is 1. The van der Waals surface area contributed by atoms with Crippen LogP contribution in [0.15, 0.2) is 24.3 Å². The van der Waals surface area contributed by atoms with Crippen LogP contribution in [0.25, 0.3) is 0 Å². The van der Waals surface area contributed by atoms with Crippen LogP contribution < -0.4 is 11.3 Å². The van der Waals surface area contributed by atoms with Crippen molar-refractivity contribution in [3.05, 3.63) is 52.1 Å². The minimum atomic E-state index is -0.285. The molecule has 3 N–H and O–H groups in total. The van der Waals surface area contributed by atoms with E-state index in [9.17, 15) is 4.39 Å². The van der Waals surface area contributed by atoms with E-state index in [0.29, 0.717) is 17.0 Å². The molecule has 0 aliphatic heterocycles. The van der Waals surface area contributed by atoms with Crippen LogP contribution in [0.1, 0.15) is 29.9 Å². The second-order valence-corrected chi connectivity index (χ2v) is 5.13. The Labute approximate surface area is 122 Å². The van der Waals surface area contributed by atoms with Crippen LogP contribution in [-0.2, 0) is 19.9 Å². The third-order valence-corrected chi connectivity index (χ3v) is 3.55. The summed E-state index contributed by atoms with van der Waals surface area (Å²) in [5, 5.41) is 4.89. The molecule has 2 rings (SSSR count). The average molecular weight is 297 g/mol. The van der Waals surface area contributed by atoms with Gasteiger partial charge in [0.15, 0.2) is 0 Å². The van der Waals surface area contributed by atoms with Gasteiger partial charge in [0.1, 0.15) is 5.82 Å². The molecule has 0 amide bonds. The fraction of sp³-hybridized carbons (Fsp3) is 0.357. The number of benzene rings is 1. The number of hydrazine groups is 1. The van der Waals surface area contributed by atoms with Gasteiger partial charge in [-0.05, 0) is 42.7 Å². The highest BCUT2D eigenvalue weighted by atomic mass is 35.5. The van der Waals surface area contributed by atoms with Crippen molar-refractivity contribution < 1.29 is 4.39 Å². The molecule has 0 aliphatic rings. The van der Waals surface area contributed by atoms with Crippen LogP contribution in [-0.4, -0.2) is 9.78 Å². The molecule has 1 aromatic carbocycles. The molecule has 4 nitrogen and oxygen atoms in total. The number of rotatable bonds is 5. The molecule has 0 spiro atoms. The lowest BCUT2D eigenvalue weighted by Crippen LogP contribution is -2.31. The first-order chi connectivity index (χ1) is 9.55. The highest BCUT2D eigenvalue weighted by molar-refractivity contribution is 6.30. The molecule has 6 heteroatoms. The van der Waals surface area contributed by atoms with Gasteiger partial charge in [-0.25, -0.2) is 4.39 Å². The third-order valence-electron chi connectivity index (χ3n) is 3.32. The molecule has 0 fully saturated rings. The minimum Gasteiger partial charge on any atom is -0.271 e. The molecule has 1 atom stereocenters. The Morgan fingerprint density at radius 1 is 1.45 bits per heavy atom. The molecule has 1 aromatic heterocycles. The number of hydrogen-bond donors (Lipinski definition) is 2. The van der Waals surface area contributed by atoms with Crippen LogP contribution in [0, 0.1) is 5.82 Å². The SMILES string of the molecule is CCc1cc(C(Cc2cc(Cl)ccc2F)NN)n(C)n1. The van der Waals surface area contributed by atoms with Crippen LogP contribution in [0.2, 0.25) is 5.02 Å². The molecule has 0 saturated heterocycles. The normalized spacial score (nSPS) is 12.7. The van der Waals surface area contributed by atoms with Crippen LogP contribution in [0.4, 0.5) is 4.39 Å². The zero-order valence-electron chi connectivity index (χ0n) is 11.5. The molecular formula is C14H18ClFN4. The smallest absolute Gasteiger partial charge is 0.126 e. The van der Waals surface area contributed by atoms with Crippen molar-refractivity contribution in [3.63, 3.8) is 0 Å². The van der Waals surface area contributed by atoms with Gasteiger partial charge in [0.25, 0.3) is 0 Å².